The van der Waals surface area contributed by atoms with E-state index < -0.39 is 25.6 Å². The van der Waals surface area contributed by atoms with Crippen LogP contribution in [-0.2, 0) is 19.7 Å². The zero-order chi connectivity index (χ0) is 32.8. The first-order valence-electron chi connectivity index (χ1n) is 13.9. The normalized spacial score (nSPS) is 12.0. The molecule has 5 aromatic rings. The Hall–Kier alpha value is -4.80. The lowest BCUT2D eigenvalue weighted by atomic mass is 9.83. The van der Waals surface area contributed by atoms with Crippen molar-refractivity contribution < 1.29 is 37.3 Å². The highest BCUT2D eigenvalue weighted by Crippen LogP contribution is 2.45. The van der Waals surface area contributed by atoms with Gasteiger partial charge in [-0.15, -0.1) is 0 Å². The van der Waals surface area contributed by atoms with E-state index in [-0.39, 0.29) is 64.8 Å². The maximum absolute atomic E-state index is 13.8. The number of phenols is 4. The largest absolute Gasteiger partial charge is 0.508 e. The van der Waals surface area contributed by atoms with Gasteiger partial charge in [-0.1, -0.05) is 30.3 Å². The standard InChI is InChI=1S/C35H32O8S2/c1-20-14-25(10-12-31(20)36)44(40,41)27-16-22(3)34(38)29(18-27)33(24-8-6-5-7-9-24)30-19-28(17-23(4)35(30)39)45(42,43)26-11-13-32(37)21(2)15-26/h5-19,33,36-39H,1-4H3. The number of sulfone groups is 2. The van der Waals surface area contributed by atoms with Gasteiger partial charge in [0.05, 0.1) is 19.6 Å². The molecule has 45 heavy (non-hydrogen) atoms. The quantitative estimate of drug-likeness (QED) is 0.145. The molecular weight excluding hydrogens is 613 g/mol. The molecule has 5 aromatic carbocycles. The predicted molar refractivity (Wildman–Crippen MR) is 170 cm³/mol. The third-order valence-corrected chi connectivity index (χ3v) is 11.4. The first-order valence-corrected chi connectivity index (χ1v) is 16.9. The Balaban J connectivity index is 1.78. The first-order chi connectivity index (χ1) is 21.1. The highest BCUT2D eigenvalue weighted by molar-refractivity contribution is 7.91. The lowest BCUT2D eigenvalue weighted by molar-refractivity contribution is 0.453. The van der Waals surface area contributed by atoms with E-state index in [1.165, 1.54) is 60.7 Å². The molecule has 8 nitrogen and oxygen atoms in total. The van der Waals surface area contributed by atoms with Gasteiger partial charge < -0.3 is 20.4 Å². The second kappa shape index (κ2) is 11.6. The molecule has 10 heteroatoms. The smallest absolute Gasteiger partial charge is 0.206 e. The summed E-state index contributed by atoms with van der Waals surface area (Å²) >= 11 is 0. The Labute approximate surface area is 262 Å². The van der Waals surface area contributed by atoms with Crippen LogP contribution < -0.4 is 0 Å². The molecule has 0 aliphatic rings. The Morgan fingerprint density at radius 1 is 0.467 bits per heavy atom. The molecule has 5 rings (SSSR count). The number of hydrogen-bond acceptors (Lipinski definition) is 8. The zero-order valence-corrected chi connectivity index (χ0v) is 26.6. The Kier molecular flexibility index (Phi) is 8.16. The van der Waals surface area contributed by atoms with E-state index in [2.05, 4.69) is 0 Å². The van der Waals surface area contributed by atoms with Gasteiger partial charge in [0.1, 0.15) is 23.0 Å². The van der Waals surface area contributed by atoms with Crippen molar-refractivity contribution in [1.82, 2.24) is 0 Å². The van der Waals surface area contributed by atoms with Crippen LogP contribution in [0.2, 0.25) is 0 Å². The molecular formula is C35H32O8S2. The van der Waals surface area contributed by atoms with E-state index in [4.69, 9.17) is 0 Å². The second-order valence-electron chi connectivity index (χ2n) is 11.1. The summed E-state index contributed by atoms with van der Waals surface area (Å²) < 4.78 is 55.3. The van der Waals surface area contributed by atoms with Crippen LogP contribution in [0.1, 0.15) is 44.9 Å². The highest BCUT2D eigenvalue weighted by Gasteiger charge is 2.30. The molecule has 232 valence electrons. The van der Waals surface area contributed by atoms with Gasteiger partial charge in [-0.05, 0) is 116 Å². The zero-order valence-electron chi connectivity index (χ0n) is 25.0. The van der Waals surface area contributed by atoms with Crippen LogP contribution in [0.15, 0.2) is 111 Å². The predicted octanol–water partition coefficient (Wildman–Crippen LogP) is 6.59. The molecule has 0 heterocycles. The molecule has 0 fully saturated rings. The summed E-state index contributed by atoms with van der Waals surface area (Å²) in [6.07, 6.45) is 0. The molecule has 0 saturated heterocycles. The SMILES string of the molecule is Cc1cc(S(=O)(=O)c2cc(C)c(O)c(C(c3ccccc3)c3cc(S(=O)(=O)c4ccc(O)c(C)c4)cc(C)c3O)c2)ccc1O. The van der Waals surface area contributed by atoms with Crippen molar-refractivity contribution in [3.63, 3.8) is 0 Å². The van der Waals surface area contributed by atoms with Gasteiger partial charge in [-0.3, -0.25) is 0 Å². The minimum atomic E-state index is -4.13. The third-order valence-electron chi connectivity index (χ3n) is 7.94. The van der Waals surface area contributed by atoms with Gasteiger partial charge in [0.15, 0.2) is 0 Å². The Morgan fingerprint density at radius 3 is 1.22 bits per heavy atom. The molecule has 0 unspecified atom stereocenters. The molecule has 0 aliphatic heterocycles. The Bertz CT molecular complexity index is 2040. The van der Waals surface area contributed by atoms with Gasteiger partial charge in [-0.25, -0.2) is 16.8 Å². The molecule has 0 radical (unpaired) electrons. The topological polar surface area (TPSA) is 149 Å². The summed E-state index contributed by atoms with van der Waals surface area (Å²) in [5.41, 5.74) is 2.09. The van der Waals surface area contributed by atoms with Crippen molar-refractivity contribution in [2.24, 2.45) is 0 Å². The molecule has 0 amide bonds. The fourth-order valence-electron chi connectivity index (χ4n) is 5.33. The summed E-state index contributed by atoms with van der Waals surface area (Å²) in [5, 5.41) is 42.7. The number of benzene rings is 5. The summed E-state index contributed by atoms with van der Waals surface area (Å²) in [6, 6.07) is 22.0. The van der Waals surface area contributed by atoms with Crippen LogP contribution >= 0.6 is 0 Å². The minimum Gasteiger partial charge on any atom is -0.508 e. The van der Waals surface area contributed by atoms with E-state index in [1.54, 1.807) is 58.0 Å². The van der Waals surface area contributed by atoms with Gasteiger partial charge in [0.25, 0.3) is 0 Å². The fourth-order valence-corrected chi connectivity index (χ4v) is 8.26. The summed E-state index contributed by atoms with van der Waals surface area (Å²) in [4.78, 5) is -0.362. The fraction of sp³-hybridized carbons (Fsp3) is 0.143. The van der Waals surface area contributed by atoms with Crippen LogP contribution in [0.25, 0.3) is 0 Å². The number of rotatable bonds is 7. The highest BCUT2D eigenvalue weighted by atomic mass is 32.2. The molecule has 4 N–H and O–H groups in total. The van der Waals surface area contributed by atoms with Gasteiger partial charge >= 0.3 is 0 Å². The molecule has 0 saturated carbocycles. The van der Waals surface area contributed by atoms with Crippen molar-refractivity contribution in [2.45, 2.75) is 53.2 Å². The maximum atomic E-state index is 13.8. The van der Waals surface area contributed by atoms with Crippen LogP contribution in [-0.4, -0.2) is 37.3 Å². The molecule has 0 atom stereocenters. The van der Waals surface area contributed by atoms with Crippen molar-refractivity contribution in [1.29, 1.82) is 0 Å². The number of aryl methyl sites for hydroxylation is 4. The lowest BCUT2D eigenvalue weighted by Crippen LogP contribution is -2.11. The average Bonchev–Trinajstić information content (AvgIpc) is 3.00. The van der Waals surface area contributed by atoms with E-state index in [0.717, 1.165) is 0 Å². The van der Waals surface area contributed by atoms with E-state index >= 15 is 0 Å². The third kappa shape index (κ3) is 5.74. The number of hydrogen-bond donors (Lipinski definition) is 4. The van der Waals surface area contributed by atoms with E-state index in [9.17, 15) is 37.3 Å². The maximum Gasteiger partial charge on any atom is 0.206 e. The summed E-state index contributed by atoms with van der Waals surface area (Å²) in [5.74, 6) is -1.53. The number of aromatic hydroxyl groups is 4. The van der Waals surface area contributed by atoms with Crippen molar-refractivity contribution in [3.05, 3.63) is 130 Å². The lowest BCUT2D eigenvalue weighted by Gasteiger charge is -2.24. The van der Waals surface area contributed by atoms with Crippen LogP contribution in [0.4, 0.5) is 0 Å². The molecule has 0 aliphatic carbocycles. The van der Waals surface area contributed by atoms with Crippen molar-refractivity contribution in [3.8, 4) is 23.0 Å². The number of phenolic OH excluding ortho intramolecular Hbond substituents is 4. The second-order valence-corrected chi connectivity index (χ2v) is 15.0. The van der Waals surface area contributed by atoms with Crippen molar-refractivity contribution >= 4 is 19.7 Å². The Morgan fingerprint density at radius 2 is 0.844 bits per heavy atom. The van der Waals surface area contributed by atoms with Gasteiger partial charge in [0.2, 0.25) is 19.7 Å². The van der Waals surface area contributed by atoms with Crippen LogP contribution in [0.5, 0.6) is 23.0 Å². The van der Waals surface area contributed by atoms with Crippen molar-refractivity contribution in [2.75, 3.05) is 0 Å². The monoisotopic (exact) mass is 644 g/mol. The van der Waals surface area contributed by atoms with E-state index in [0.29, 0.717) is 16.7 Å². The van der Waals surface area contributed by atoms with Gasteiger partial charge in [0, 0.05) is 17.0 Å². The molecule has 0 bridgehead atoms. The van der Waals surface area contributed by atoms with Crippen LogP contribution in [0, 0.1) is 27.7 Å². The van der Waals surface area contributed by atoms with E-state index in [1.807, 2.05) is 0 Å². The minimum absolute atomic E-state index is 0.0520. The van der Waals surface area contributed by atoms with Gasteiger partial charge in [-0.2, -0.15) is 0 Å². The summed E-state index contributed by atoms with van der Waals surface area (Å²) in [6.45, 7) is 6.28. The summed E-state index contributed by atoms with van der Waals surface area (Å²) in [7, 11) is -8.26. The first kappa shape index (κ1) is 31.6. The van der Waals surface area contributed by atoms with Crippen LogP contribution in [0.3, 0.4) is 0 Å². The average molecular weight is 645 g/mol. The molecule has 0 aromatic heterocycles. The molecule has 0 spiro atoms.